The number of Topliss-reactive ketones (excluding diaryl/α,β-unsaturated/α-hetero) is 1. The zero-order valence-corrected chi connectivity index (χ0v) is 8.99. The van der Waals surface area contributed by atoms with Gasteiger partial charge in [0.25, 0.3) is 0 Å². The predicted molar refractivity (Wildman–Crippen MR) is 53.3 cm³/mol. The molecule has 0 amide bonds. The number of carbonyl (C=O) groups is 1. The lowest BCUT2D eigenvalue weighted by Gasteiger charge is -2.26. The predicted octanol–water partition coefficient (Wildman–Crippen LogP) is 1.65. The lowest BCUT2D eigenvalue weighted by Crippen LogP contribution is -2.40. The summed E-state index contributed by atoms with van der Waals surface area (Å²) in [7, 11) is 0. The molecule has 1 heterocycles. The van der Waals surface area contributed by atoms with Gasteiger partial charge < -0.3 is 0 Å². The van der Waals surface area contributed by atoms with Gasteiger partial charge in [-0.2, -0.15) is 0 Å². The van der Waals surface area contributed by atoms with Crippen LogP contribution in [0, 0.1) is 5.41 Å². The van der Waals surface area contributed by atoms with Crippen molar-refractivity contribution in [2.75, 3.05) is 5.75 Å². The Balaban J connectivity index is 2.51. The van der Waals surface area contributed by atoms with Gasteiger partial charge >= 0.3 is 0 Å². The molecule has 0 saturated carbocycles. The van der Waals surface area contributed by atoms with Crippen molar-refractivity contribution < 1.29 is 4.79 Å². The lowest BCUT2D eigenvalue weighted by atomic mass is 9.96. The van der Waals surface area contributed by atoms with Crippen LogP contribution in [0.2, 0.25) is 0 Å². The van der Waals surface area contributed by atoms with Crippen LogP contribution in [0.4, 0.5) is 0 Å². The zero-order valence-electron chi connectivity index (χ0n) is 8.18. The van der Waals surface area contributed by atoms with Crippen molar-refractivity contribution in [1.82, 2.24) is 5.32 Å². The number of hydrogen-bond donors (Lipinski definition) is 1. The molecule has 0 radical (unpaired) electrons. The van der Waals surface area contributed by atoms with Crippen molar-refractivity contribution in [3.63, 3.8) is 0 Å². The van der Waals surface area contributed by atoms with Gasteiger partial charge in [0.15, 0.2) is 0 Å². The molecule has 0 aliphatic carbocycles. The van der Waals surface area contributed by atoms with E-state index < -0.39 is 0 Å². The molecule has 1 fully saturated rings. The van der Waals surface area contributed by atoms with E-state index in [2.05, 4.69) is 26.1 Å². The van der Waals surface area contributed by atoms with Gasteiger partial charge in [-0.15, -0.1) is 11.8 Å². The maximum atomic E-state index is 11.0. The Morgan fingerprint density at radius 2 is 2.08 bits per heavy atom. The second-order valence-electron chi connectivity index (χ2n) is 4.41. The second-order valence-corrected chi connectivity index (χ2v) is 5.55. The summed E-state index contributed by atoms with van der Waals surface area (Å²) >= 11 is 1.85. The third-order valence-electron chi connectivity index (χ3n) is 2.06. The third kappa shape index (κ3) is 2.23. The molecule has 1 saturated heterocycles. The Morgan fingerprint density at radius 1 is 1.50 bits per heavy atom. The normalized spacial score (nSPS) is 30.7. The van der Waals surface area contributed by atoms with Gasteiger partial charge in [0.2, 0.25) is 0 Å². The molecule has 1 N–H and O–H groups in total. The van der Waals surface area contributed by atoms with E-state index in [-0.39, 0.29) is 17.2 Å². The molecule has 2 unspecified atom stereocenters. The first-order valence-electron chi connectivity index (χ1n) is 4.29. The maximum Gasteiger partial charge on any atom is 0.147 e. The Labute approximate surface area is 78.5 Å². The van der Waals surface area contributed by atoms with Crippen LogP contribution in [0.1, 0.15) is 27.7 Å². The summed E-state index contributed by atoms with van der Waals surface area (Å²) in [6.07, 6.45) is 0. The highest BCUT2D eigenvalue weighted by molar-refractivity contribution is 8.00. The molecule has 2 nitrogen and oxygen atoms in total. The smallest absolute Gasteiger partial charge is 0.147 e. The summed E-state index contributed by atoms with van der Waals surface area (Å²) in [5.74, 6) is 1.19. The van der Waals surface area contributed by atoms with Gasteiger partial charge in [0.1, 0.15) is 5.78 Å². The van der Waals surface area contributed by atoms with Crippen molar-refractivity contribution in [3.8, 4) is 0 Å². The SMILES string of the molecule is CC(=O)C1CSC(C(C)(C)C)N1. The van der Waals surface area contributed by atoms with E-state index in [9.17, 15) is 4.79 Å². The Kier molecular flexibility index (Phi) is 2.84. The minimum atomic E-state index is 0.0826. The fourth-order valence-electron chi connectivity index (χ4n) is 1.21. The van der Waals surface area contributed by atoms with Gasteiger partial charge in [-0.25, -0.2) is 0 Å². The van der Waals surface area contributed by atoms with Crippen molar-refractivity contribution in [1.29, 1.82) is 0 Å². The van der Waals surface area contributed by atoms with E-state index in [4.69, 9.17) is 0 Å². The van der Waals surface area contributed by atoms with Gasteiger partial charge in [-0.1, -0.05) is 20.8 Å². The standard InChI is InChI=1S/C9H17NOS/c1-6(11)7-5-12-8(10-7)9(2,3)4/h7-8,10H,5H2,1-4H3. The summed E-state index contributed by atoms with van der Waals surface area (Å²) in [6, 6.07) is 0.0826. The van der Waals surface area contributed by atoms with Crippen molar-refractivity contribution in [2.45, 2.75) is 39.1 Å². The number of nitrogens with one attached hydrogen (secondary N) is 1. The van der Waals surface area contributed by atoms with E-state index in [0.717, 1.165) is 5.75 Å². The monoisotopic (exact) mass is 187 g/mol. The zero-order chi connectivity index (χ0) is 9.35. The molecule has 12 heavy (non-hydrogen) atoms. The summed E-state index contributed by atoms with van der Waals surface area (Å²) in [6.45, 7) is 8.24. The van der Waals surface area contributed by atoms with Crippen LogP contribution in [-0.4, -0.2) is 23.0 Å². The average Bonchev–Trinajstić information content (AvgIpc) is 2.30. The molecule has 3 heteroatoms. The lowest BCUT2D eigenvalue weighted by molar-refractivity contribution is -0.118. The molecule has 1 aliphatic heterocycles. The number of thioether (sulfide) groups is 1. The molecule has 0 aromatic rings. The van der Waals surface area contributed by atoms with Crippen LogP contribution in [0.15, 0.2) is 0 Å². The summed E-state index contributed by atoms with van der Waals surface area (Å²) in [5, 5.41) is 3.77. The first kappa shape index (κ1) is 10.1. The highest BCUT2D eigenvalue weighted by atomic mass is 32.2. The third-order valence-corrected chi connectivity index (χ3v) is 3.76. The summed E-state index contributed by atoms with van der Waals surface area (Å²) in [5.41, 5.74) is 0.245. The molecule has 2 atom stereocenters. The largest absolute Gasteiger partial charge is 0.298 e. The molecule has 1 aliphatic rings. The number of carbonyl (C=O) groups excluding carboxylic acids is 1. The van der Waals surface area contributed by atoms with Gasteiger partial charge in [-0.05, 0) is 12.3 Å². The fraction of sp³-hybridized carbons (Fsp3) is 0.889. The molecule has 1 rings (SSSR count). The summed E-state index contributed by atoms with van der Waals surface area (Å²) in [4.78, 5) is 11.0. The van der Waals surface area contributed by atoms with E-state index in [1.54, 1.807) is 6.92 Å². The van der Waals surface area contributed by atoms with Crippen LogP contribution in [0.25, 0.3) is 0 Å². The average molecular weight is 187 g/mol. The fourth-order valence-corrected chi connectivity index (χ4v) is 2.68. The van der Waals surface area contributed by atoms with E-state index in [0.29, 0.717) is 5.37 Å². The molecular weight excluding hydrogens is 170 g/mol. The van der Waals surface area contributed by atoms with Gasteiger partial charge in [-0.3, -0.25) is 10.1 Å². The Hall–Kier alpha value is -0.0200. The van der Waals surface area contributed by atoms with Gasteiger partial charge in [0.05, 0.1) is 11.4 Å². The molecule has 0 aromatic carbocycles. The minimum Gasteiger partial charge on any atom is -0.298 e. The molecule has 0 spiro atoms. The molecular formula is C9H17NOS. The molecule has 0 aromatic heterocycles. The maximum absolute atomic E-state index is 11.0. The molecule has 70 valence electrons. The number of ketones is 1. The van der Waals surface area contributed by atoms with Gasteiger partial charge in [0, 0.05) is 5.75 Å². The highest BCUT2D eigenvalue weighted by Crippen LogP contribution is 2.33. The quantitative estimate of drug-likeness (QED) is 0.677. The number of rotatable bonds is 1. The number of hydrogen-bond acceptors (Lipinski definition) is 3. The first-order valence-corrected chi connectivity index (χ1v) is 5.34. The van der Waals surface area contributed by atoms with E-state index in [1.165, 1.54) is 0 Å². The Morgan fingerprint density at radius 3 is 2.33 bits per heavy atom. The van der Waals surface area contributed by atoms with Crippen molar-refractivity contribution in [3.05, 3.63) is 0 Å². The topological polar surface area (TPSA) is 29.1 Å². The van der Waals surface area contributed by atoms with E-state index in [1.807, 2.05) is 11.8 Å². The van der Waals surface area contributed by atoms with Crippen LogP contribution in [-0.2, 0) is 4.79 Å². The van der Waals surface area contributed by atoms with Crippen molar-refractivity contribution in [2.24, 2.45) is 5.41 Å². The van der Waals surface area contributed by atoms with Crippen LogP contribution >= 0.6 is 11.8 Å². The minimum absolute atomic E-state index is 0.0826. The molecule has 0 bridgehead atoms. The second kappa shape index (κ2) is 3.38. The van der Waals surface area contributed by atoms with Crippen LogP contribution in [0.3, 0.4) is 0 Å². The van der Waals surface area contributed by atoms with E-state index >= 15 is 0 Å². The van der Waals surface area contributed by atoms with Crippen molar-refractivity contribution >= 4 is 17.5 Å². The van der Waals surface area contributed by atoms with Crippen LogP contribution < -0.4 is 5.32 Å². The first-order chi connectivity index (χ1) is 5.41. The summed E-state index contributed by atoms with van der Waals surface area (Å²) < 4.78 is 0. The van der Waals surface area contributed by atoms with Crippen LogP contribution in [0.5, 0.6) is 0 Å². The highest BCUT2D eigenvalue weighted by Gasteiger charge is 2.34. The Bertz CT molecular complexity index is 185.